The molecule has 0 unspecified atom stereocenters. The van der Waals surface area contributed by atoms with Crippen LogP contribution in [0.1, 0.15) is 31.7 Å². The Labute approximate surface area is 129 Å². The minimum Gasteiger partial charge on any atom is -0.335 e. The van der Waals surface area contributed by atoms with E-state index in [0.717, 1.165) is 13.1 Å². The molecule has 1 amide bonds. The van der Waals surface area contributed by atoms with Gasteiger partial charge in [0.25, 0.3) is 0 Å². The fraction of sp³-hybridized carbons (Fsp3) is 0.588. The number of nitrogens with zero attached hydrogens (tertiary/aromatic N) is 2. The third-order valence-electron chi connectivity index (χ3n) is 4.84. The Morgan fingerprint density at radius 3 is 2.45 bits per heavy atom. The van der Waals surface area contributed by atoms with E-state index >= 15 is 0 Å². The molecule has 0 N–H and O–H groups in total. The summed E-state index contributed by atoms with van der Waals surface area (Å²) < 4.78 is 27.7. The lowest BCUT2D eigenvalue weighted by atomic mass is 9.97. The summed E-state index contributed by atoms with van der Waals surface area (Å²) in [6.45, 7) is 6.40. The maximum atomic E-state index is 13.9. The summed E-state index contributed by atoms with van der Waals surface area (Å²) >= 11 is 0. The Morgan fingerprint density at radius 1 is 1.23 bits per heavy atom. The molecule has 22 heavy (non-hydrogen) atoms. The maximum absolute atomic E-state index is 13.9. The Morgan fingerprint density at radius 2 is 1.86 bits per heavy atom. The van der Waals surface area contributed by atoms with Gasteiger partial charge in [0, 0.05) is 42.6 Å². The molecular formula is C17H22F2N2O. The van der Waals surface area contributed by atoms with E-state index in [9.17, 15) is 13.6 Å². The second-order valence-corrected chi connectivity index (χ2v) is 7.12. The molecule has 0 bridgehead atoms. The van der Waals surface area contributed by atoms with Crippen LogP contribution in [0.5, 0.6) is 0 Å². The van der Waals surface area contributed by atoms with Crippen LogP contribution in [0.3, 0.4) is 0 Å². The Hall–Kier alpha value is -1.49. The predicted molar refractivity (Wildman–Crippen MR) is 80.5 cm³/mol. The summed E-state index contributed by atoms with van der Waals surface area (Å²) in [6, 6.07) is 3.88. The van der Waals surface area contributed by atoms with Crippen LogP contribution in [0, 0.1) is 17.6 Å². The van der Waals surface area contributed by atoms with Crippen molar-refractivity contribution in [3.8, 4) is 0 Å². The van der Waals surface area contributed by atoms with E-state index in [1.807, 2.05) is 25.8 Å². The van der Waals surface area contributed by atoms with Crippen molar-refractivity contribution in [2.24, 2.45) is 5.92 Å². The molecule has 2 fully saturated rings. The number of likely N-dealkylation sites (N-methyl/N-ethyl adjacent to an activating group) is 1. The van der Waals surface area contributed by atoms with Crippen LogP contribution in [0.4, 0.5) is 8.78 Å². The van der Waals surface area contributed by atoms with Crippen LogP contribution in [-0.4, -0.2) is 47.9 Å². The number of rotatable bonds is 2. The molecule has 3 nitrogen and oxygen atoms in total. The Balaban J connectivity index is 1.76. The SMILES string of the molecule is CN1CCN(C(=O)[C@@H]2C[C@@H]2c2c(F)cccc2F)C(C)(C)C1. The monoisotopic (exact) mass is 308 g/mol. The van der Waals surface area contributed by atoms with Crippen LogP contribution in [0.25, 0.3) is 0 Å². The van der Waals surface area contributed by atoms with Crippen LogP contribution in [-0.2, 0) is 4.79 Å². The zero-order valence-electron chi connectivity index (χ0n) is 13.3. The van der Waals surface area contributed by atoms with Gasteiger partial charge in [0.1, 0.15) is 11.6 Å². The van der Waals surface area contributed by atoms with Crippen molar-refractivity contribution in [2.45, 2.75) is 31.7 Å². The number of halogens is 2. The molecule has 1 saturated carbocycles. The third kappa shape index (κ3) is 2.62. The average molecular weight is 308 g/mol. The first-order valence-electron chi connectivity index (χ1n) is 7.75. The largest absolute Gasteiger partial charge is 0.335 e. The molecule has 3 rings (SSSR count). The van der Waals surface area contributed by atoms with E-state index in [1.54, 1.807) is 0 Å². The molecule has 1 aliphatic carbocycles. The highest BCUT2D eigenvalue weighted by Gasteiger charge is 2.50. The molecule has 0 radical (unpaired) electrons. The number of carbonyl (C=O) groups excluding carboxylic acids is 1. The summed E-state index contributed by atoms with van der Waals surface area (Å²) in [7, 11) is 2.04. The van der Waals surface area contributed by atoms with Gasteiger partial charge in [-0.1, -0.05) is 6.07 Å². The number of hydrogen-bond acceptors (Lipinski definition) is 2. The third-order valence-corrected chi connectivity index (χ3v) is 4.84. The number of piperazine rings is 1. The minimum absolute atomic E-state index is 0.0331. The van der Waals surface area contributed by atoms with Crippen LogP contribution >= 0.6 is 0 Å². The summed E-state index contributed by atoms with van der Waals surface area (Å²) in [5.74, 6) is -1.65. The van der Waals surface area contributed by atoms with Gasteiger partial charge in [0.05, 0.1) is 0 Å². The molecule has 120 valence electrons. The molecule has 1 aromatic rings. The number of amides is 1. The van der Waals surface area contributed by atoms with Gasteiger partial charge in [-0.05, 0) is 39.4 Å². The van der Waals surface area contributed by atoms with Crippen molar-refractivity contribution in [3.05, 3.63) is 35.4 Å². The van der Waals surface area contributed by atoms with Crippen LogP contribution in [0.15, 0.2) is 18.2 Å². The first kappa shape index (κ1) is 15.4. The summed E-state index contributed by atoms with van der Waals surface area (Å²) in [4.78, 5) is 16.8. The molecule has 0 aromatic heterocycles. The summed E-state index contributed by atoms with van der Waals surface area (Å²) in [5.41, 5.74) is -0.168. The lowest BCUT2D eigenvalue weighted by Crippen LogP contribution is -2.60. The van der Waals surface area contributed by atoms with E-state index < -0.39 is 11.6 Å². The molecule has 0 spiro atoms. The normalized spacial score (nSPS) is 27.8. The van der Waals surface area contributed by atoms with E-state index in [-0.39, 0.29) is 28.8 Å². The van der Waals surface area contributed by atoms with E-state index in [1.165, 1.54) is 18.2 Å². The van der Waals surface area contributed by atoms with Crippen molar-refractivity contribution in [1.29, 1.82) is 0 Å². The Kier molecular flexibility index (Phi) is 3.71. The van der Waals surface area contributed by atoms with Crippen molar-refractivity contribution >= 4 is 5.91 Å². The summed E-state index contributed by atoms with van der Waals surface area (Å²) in [6.07, 6.45) is 0.541. The summed E-state index contributed by atoms with van der Waals surface area (Å²) in [5, 5.41) is 0. The van der Waals surface area contributed by atoms with E-state index in [4.69, 9.17) is 0 Å². The van der Waals surface area contributed by atoms with E-state index in [0.29, 0.717) is 13.0 Å². The van der Waals surface area contributed by atoms with Crippen molar-refractivity contribution in [2.75, 3.05) is 26.7 Å². The first-order valence-corrected chi connectivity index (χ1v) is 7.75. The minimum atomic E-state index is -0.544. The van der Waals surface area contributed by atoms with E-state index in [2.05, 4.69) is 4.90 Å². The van der Waals surface area contributed by atoms with Gasteiger partial charge in [0.15, 0.2) is 0 Å². The first-order chi connectivity index (χ1) is 10.3. The van der Waals surface area contributed by atoms with Gasteiger partial charge in [-0.2, -0.15) is 0 Å². The highest BCUT2D eigenvalue weighted by atomic mass is 19.1. The zero-order chi connectivity index (χ0) is 16.1. The fourth-order valence-electron chi connectivity index (χ4n) is 3.66. The predicted octanol–water partition coefficient (Wildman–Crippen LogP) is 2.62. The van der Waals surface area contributed by atoms with Gasteiger partial charge in [-0.25, -0.2) is 8.78 Å². The van der Waals surface area contributed by atoms with Crippen LogP contribution < -0.4 is 0 Å². The lowest BCUT2D eigenvalue weighted by Gasteiger charge is -2.46. The highest BCUT2D eigenvalue weighted by molar-refractivity contribution is 5.84. The van der Waals surface area contributed by atoms with Gasteiger partial charge < -0.3 is 9.80 Å². The quantitative estimate of drug-likeness (QED) is 0.838. The maximum Gasteiger partial charge on any atom is 0.226 e. The second-order valence-electron chi connectivity index (χ2n) is 7.12. The fourth-order valence-corrected chi connectivity index (χ4v) is 3.66. The van der Waals surface area contributed by atoms with Crippen molar-refractivity contribution < 1.29 is 13.6 Å². The molecular weight excluding hydrogens is 286 g/mol. The molecule has 1 aliphatic heterocycles. The molecule has 2 aliphatic rings. The highest BCUT2D eigenvalue weighted by Crippen LogP contribution is 2.50. The number of benzene rings is 1. The van der Waals surface area contributed by atoms with Crippen LogP contribution in [0.2, 0.25) is 0 Å². The van der Waals surface area contributed by atoms with Crippen molar-refractivity contribution in [1.82, 2.24) is 9.80 Å². The zero-order valence-corrected chi connectivity index (χ0v) is 13.3. The number of carbonyl (C=O) groups is 1. The molecule has 2 atom stereocenters. The Bertz CT molecular complexity index is 582. The molecule has 1 saturated heterocycles. The standard InChI is InChI=1S/C17H22F2N2O/c1-17(2)10-20(3)7-8-21(17)16(22)12-9-11(12)15-13(18)5-4-6-14(15)19/h4-6,11-12H,7-10H2,1-3H3/t11-,12+/m0/s1. The van der Waals surface area contributed by atoms with Gasteiger partial charge in [-0.15, -0.1) is 0 Å². The molecule has 1 heterocycles. The second kappa shape index (κ2) is 5.30. The van der Waals surface area contributed by atoms with Crippen molar-refractivity contribution in [3.63, 3.8) is 0 Å². The lowest BCUT2D eigenvalue weighted by molar-refractivity contribution is -0.141. The van der Waals surface area contributed by atoms with Gasteiger partial charge in [0.2, 0.25) is 5.91 Å². The average Bonchev–Trinajstić information content (AvgIpc) is 3.17. The van der Waals surface area contributed by atoms with Gasteiger partial charge >= 0.3 is 0 Å². The smallest absolute Gasteiger partial charge is 0.226 e. The molecule has 5 heteroatoms. The number of hydrogen-bond donors (Lipinski definition) is 0. The topological polar surface area (TPSA) is 23.6 Å². The van der Waals surface area contributed by atoms with Gasteiger partial charge in [-0.3, -0.25) is 4.79 Å². The molecule has 1 aromatic carbocycles.